The monoisotopic (exact) mass is 440 g/mol. The predicted molar refractivity (Wildman–Crippen MR) is 133 cm³/mol. The molecule has 2 heterocycles. The Morgan fingerprint density at radius 3 is 1.91 bits per heavy atom. The molecule has 0 bridgehead atoms. The highest BCUT2D eigenvalue weighted by atomic mass is 32.1. The largest absolute Gasteiger partial charge is 0.492 e. The van der Waals surface area contributed by atoms with Gasteiger partial charge in [-0.05, 0) is 23.0 Å². The third kappa shape index (κ3) is 3.58. The first-order valence-corrected chi connectivity index (χ1v) is 10.9. The number of hydrogen-bond donors (Lipinski definition) is 4. The highest BCUT2D eigenvalue weighted by Crippen LogP contribution is 2.32. The Kier molecular flexibility index (Phi) is 5.46. The summed E-state index contributed by atoms with van der Waals surface area (Å²) in [6.45, 7) is 0. The third-order valence-electron chi connectivity index (χ3n) is 5.43. The zero-order chi connectivity index (χ0) is 22.2. The topological polar surface area (TPSA) is 94.1 Å². The average Bonchev–Trinajstić information content (AvgIpc) is 3.37. The van der Waals surface area contributed by atoms with E-state index in [1.807, 2.05) is 60.7 Å². The minimum absolute atomic E-state index is 0.397. The normalized spacial score (nSPS) is 11.1. The van der Waals surface area contributed by atoms with Gasteiger partial charge < -0.3 is 24.5 Å². The van der Waals surface area contributed by atoms with Crippen LogP contribution in [0.3, 0.4) is 0 Å². The van der Waals surface area contributed by atoms with E-state index in [9.17, 15) is 20.1 Å². The summed E-state index contributed by atoms with van der Waals surface area (Å²) in [6, 6.07) is 26.7. The maximum atomic E-state index is 9.31. The summed E-state index contributed by atoms with van der Waals surface area (Å²) in [5.41, 5.74) is 2.27. The maximum absolute atomic E-state index is 9.31. The van der Waals surface area contributed by atoms with Crippen molar-refractivity contribution in [1.82, 2.24) is 0 Å². The van der Waals surface area contributed by atoms with Crippen LogP contribution in [0.2, 0.25) is 0 Å². The van der Waals surface area contributed by atoms with Gasteiger partial charge in [-0.2, -0.15) is 0 Å². The molecule has 4 N–H and O–H groups in total. The van der Waals surface area contributed by atoms with Crippen molar-refractivity contribution >= 4 is 78.6 Å². The number of thiophene rings is 1. The Bertz CT molecular complexity index is 1440. The first-order chi connectivity index (χ1) is 15.5. The van der Waals surface area contributed by atoms with E-state index in [0.29, 0.717) is 16.5 Å². The fourth-order valence-corrected chi connectivity index (χ4v) is 5.18. The van der Waals surface area contributed by atoms with Gasteiger partial charge in [0.25, 0.3) is 0 Å². The fraction of sp³-hybridized carbons (Fsp3) is 0. The highest BCUT2D eigenvalue weighted by molar-refractivity contribution is 7.27. The Hall–Kier alpha value is -3.13. The van der Waals surface area contributed by atoms with Crippen molar-refractivity contribution in [1.29, 1.82) is 0 Å². The summed E-state index contributed by atoms with van der Waals surface area (Å²) >= 11 is 1.60. The molecule has 0 aliphatic heterocycles. The smallest absolute Gasteiger partial charge is 0.456 e. The Balaban J connectivity index is 0.000000135. The van der Waals surface area contributed by atoms with Crippen molar-refractivity contribution in [2.45, 2.75) is 0 Å². The van der Waals surface area contributed by atoms with Crippen molar-refractivity contribution in [3.05, 3.63) is 84.9 Å². The Morgan fingerprint density at radius 1 is 0.562 bits per heavy atom. The number of rotatable bonds is 2. The second-order valence-corrected chi connectivity index (χ2v) is 8.44. The Morgan fingerprint density at radius 2 is 1.16 bits per heavy atom. The maximum Gasteiger partial charge on any atom is 0.492 e. The van der Waals surface area contributed by atoms with Gasteiger partial charge in [-0.15, -0.1) is 11.3 Å². The molecular formula is C24H18B2O5S. The van der Waals surface area contributed by atoms with E-state index in [-0.39, 0.29) is 0 Å². The van der Waals surface area contributed by atoms with Gasteiger partial charge in [0.15, 0.2) is 0 Å². The lowest BCUT2D eigenvalue weighted by Crippen LogP contribution is -2.29. The molecule has 2 aromatic heterocycles. The summed E-state index contributed by atoms with van der Waals surface area (Å²) in [5.74, 6) is 0. The lowest BCUT2D eigenvalue weighted by Gasteiger charge is -1.99. The molecule has 0 atom stereocenters. The number of hydrogen-bond acceptors (Lipinski definition) is 6. The van der Waals surface area contributed by atoms with Crippen molar-refractivity contribution in [3.8, 4) is 0 Å². The molecule has 0 saturated heterocycles. The lowest BCUT2D eigenvalue weighted by atomic mass is 9.79. The molecule has 0 amide bonds. The number of benzene rings is 4. The van der Waals surface area contributed by atoms with Crippen LogP contribution in [0.25, 0.3) is 42.1 Å². The van der Waals surface area contributed by atoms with Crippen molar-refractivity contribution in [2.75, 3.05) is 0 Å². The van der Waals surface area contributed by atoms with Crippen LogP contribution in [0.5, 0.6) is 0 Å². The molecule has 0 unspecified atom stereocenters. The molecule has 4 aromatic carbocycles. The van der Waals surface area contributed by atoms with Gasteiger partial charge in [0.1, 0.15) is 11.2 Å². The standard InChI is InChI=1S/C12H9BO3.C12H9BO2S/c2*14-13(15)10-6-3-5-9-8-4-1-2-7-11(8)16-12(9)10/h2*1-7,14-15H. The van der Waals surface area contributed by atoms with E-state index in [2.05, 4.69) is 6.07 Å². The zero-order valence-electron chi connectivity index (χ0n) is 16.8. The van der Waals surface area contributed by atoms with Crippen LogP contribution in [0.1, 0.15) is 0 Å². The predicted octanol–water partition coefficient (Wildman–Crippen LogP) is 3.00. The van der Waals surface area contributed by atoms with Gasteiger partial charge in [-0.25, -0.2) is 0 Å². The van der Waals surface area contributed by atoms with Crippen molar-refractivity contribution < 1.29 is 24.5 Å². The molecule has 0 fully saturated rings. The highest BCUT2D eigenvalue weighted by Gasteiger charge is 2.19. The number of para-hydroxylation sites is 2. The molecule has 8 heteroatoms. The summed E-state index contributed by atoms with van der Waals surface area (Å²) in [5, 5.41) is 41.3. The van der Waals surface area contributed by atoms with Gasteiger partial charge in [-0.1, -0.05) is 72.8 Å². The lowest BCUT2D eigenvalue weighted by molar-refractivity contribution is 0.424. The molecule has 156 valence electrons. The Labute approximate surface area is 188 Å². The quantitative estimate of drug-likeness (QED) is 0.311. The summed E-state index contributed by atoms with van der Waals surface area (Å²) in [7, 11) is -2.92. The first-order valence-electron chi connectivity index (χ1n) is 10.1. The van der Waals surface area contributed by atoms with Gasteiger partial charge in [0.2, 0.25) is 0 Å². The van der Waals surface area contributed by atoms with Gasteiger partial charge in [0, 0.05) is 31.0 Å². The van der Waals surface area contributed by atoms with Crippen LogP contribution in [0.15, 0.2) is 89.3 Å². The van der Waals surface area contributed by atoms with Crippen LogP contribution in [0.4, 0.5) is 0 Å². The van der Waals surface area contributed by atoms with Crippen molar-refractivity contribution in [2.24, 2.45) is 0 Å². The molecule has 0 radical (unpaired) electrons. The second-order valence-electron chi connectivity index (χ2n) is 7.39. The van der Waals surface area contributed by atoms with Crippen molar-refractivity contribution in [3.63, 3.8) is 0 Å². The summed E-state index contributed by atoms with van der Waals surface area (Å²) < 4.78 is 7.75. The third-order valence-corrected chi connectivity index (χ3v) is 6.66. The molecule has 0 aliphatic rings. The van der Waals surface area contributed by atoms with E-state index >= 15 is 0 Å². The second kappa shape index (κ2) is 8.43. The van der Waals surface area contributed by atoms with E-state index in [1.165, 1.54) is 10.1 Å². The van der Waals surface area contributed by atoms with Gasteiger partial charge in [0.05, 0.1) is 0 Å². The van der Waals surface area contributed by atoms with Crippen LogP contribution in [-0.4, -0.2) is 34.3 Å². The van der Waals surface area contributed by atoms with Crippen LogP contribution in [-0.2, 0) is 0 Å². The molecule has 5 nitrogen and oxygen atoms in total. The van der Waals surface area contributed by atoms with Crippen LogP contribution >= 0.6 is 11.3 Å². The molecule has 32 heavy (non-hydrogen) atoms. The first kappa shape index (κ1) is 20.8. The molecule has 6 rings (SSSR count). The zero-order valence-corrected chi connectivity index (χ0v) is 17.7. The van der Waals surface area contributed by atoms with Crippen LogP contribution in [0, 0.1) is 0 Å². The molecule has 0 spiro atoms. The SMILES string of the molecule is OB(O)c1cccc2c1oc1ccccc12.OB(O)c1cccc2c1sc1ccccc12. The van der Waals surface area contributed by atoms with Gasteiger partial charge >= 0.3 is 14.2 Å². The van der Waals surface area contributed by atoms with E-state index in [0.717, 1.165) is 26.4 Å². The van der Waals surface area contributed by atoms with Crippen LogP contribution < -0.4 is 10.9 Å². The molecule has 0 aliphatic carbocycles. The van der Waals surface area contributed by atoms with E-state index in [1.54, 1.807) is 29.5 Å². The summed E-state index contributed by atoms with van der Waals surface area (Å²) in [4.78, 5) is 0. The summed E-state index contributed by atoms with van der Waals surface area (Å²) in [6.07, 6.45) is 0. The van der Waals surface area contributed by atoms with E-state index in [4.69, 9.17) is 4.42 Å². The van der Waals surface area contributed by atoms with Gasteiger partial charge in [-0.3, -0.25) is 0 Å². The fourth-order valence-electron chi connectivity index (χ4n) is 3.94. The molecule has 6 aromatic rings. The minimum atomic E-state index is -1.51. The molecular weight excluding hydrogens is 422 g/mol. The number of furan rings is 1. The molecule has 0 saturated carbocycles. The average molecular weight is 440 g/mol. The number of fused-ring (bicyclic) bond motifs is 6. The minimum Gasteiger partial charge on any atom is -0.456 e. The van der Waals surface area contributed by atoms with E-state index < -0.39 is 14.2 Å².